The van der Waals surface area contributed by atoms with Crippen LogP contribution >= 0.6 is 11.6 Å². The fourth-order valence-electron chi connectivity index (χ4n) is 1.14. The number of benzene rings is 1. The van der Waals surface area contributed by atoms with Crippen molar-refractivity contribution in [2.45, 2.75) is 6.42 Å². The van der Waals surface area contributed by atoms with Crippen molar-refractivity contribution in [2.24, 2.45) is 0 Å². The van der Waals surface area contributed by atoms with Crippen LogP contribution in [0.4, 0.5) is 4.39 Å². The summed E-state index contributed by atoms with van der Waals surface area (Å²) in [7, 11) is 0. The average molecular weight is 272 g/mol. The number of carbonyl (C=O) groups is 2. The van der Waals surface area contributed by atoms with Gasteiger partial charge in [0.15, 0.2) is 0 Å². The molecule has 0 heterocycles. The second-order valence-corrected chi connectivity index (χ2v) is 3.85. The monoisotopic (exact) mass is 271 g/mol. The molecule has 0 atom stereocenters. The predicted octanol–water partition coefficient (Wildman–Crippen LogP) is 2.08. The number of rotatable bonds is 5. The predicted molar refractivity (Wildman–Crippen MR) is 65.7 cm³/mol. The standard InChI is InChI=1S/C12H11ClFNO3/c13-9-7-8(1-3-10(9)14)2-4-11(16)15-6-5-12(17)18/h1-4,7H,5-6H2,(H,15,16)(H,17,18)/b4-2+. The third kappa shape index (κ3) is 4.97. The molecule has 0 bridgehead atoms. The molecule has 1 aromatic carbocycles. The normalized spacial score (nSPS) is 10.6. The molecule has 4 nitrogen and oxygen atoms in total. The van der Waals surface area contributed by atoms with Crippen molar-refractivity contribution in [3.8, 4) is 0 Å². The van der Waals surface area contributed by atoms with E-state index in [-0.39, 0.29) is 18.0 Å². The van der Waals surface area contributed by atoms with Crippen LogP contribution in [0.5, 0.6) is 0 Å². The van der Waals surface area contributed by atoms with Gasteiger partial charge in [-0.25, -0.2) is 4.39 Å². The maximum Gasteiger partial charge on any atom is 0.305 e. The van der Waals surface area contributed by atoms with Crippen LogP contribution in [-0.2, 0) is 9.59 Å². The van der Waals surface area contributed by atoms with Gasteiger partial charge in [0, 0.05) is 12.6 Å². The molecular weight excluding hydrogens is 261 g/mol. The molecule has 2 N–H and O–H groups in total. The van der Waals surface area contributed by atoms with Gasteiger partial charge in [-0.05, 0) is 23.8 Å². The lowest BCUT2D eigenvalue weighted by atomic mass is 10.2. The maximum absolute atomic E-state index is 12.8. The Labute approximate surface area is 108 Å². The molecule has 0 spiro atoms. The smallest absolute Gasteiger partial charge is 0.305 e. The summed E-state index contributed by atoms with van der Waals surface area (Å²) in [6.07, 6.45) is 2.55. The van der Waals surface area contributed by atoms with Gasteiger partial charge in [-0.15, -0.1) is 0 Å². The number of amides is 1. The van der Waals surface area contributed by atoms with Gasteiger partial charge in [-0.3, -0.25) is 9.59 Å². The van der Waals surface area contributed by atoms with Gasteiger partial charge in [0.2, 0.25) is 5.91 Å². The number of nitrogens with one attached hydrogen (secondary N) is 1. The summed E-state index contributed by atoms with van der Waals surface area (Å²) in [5.41, 5.74) is 0.579. The summed E-state index contributed by atoms with van der Waals surface area (Å²) < 4.78 is 12.8. The number of aliphatic carboxylic acids is 1. The lowest BCUT2D eigenvalue weighted by molar-refractivity contribution is -0.136. The van der Waals surface area contributed by atoms with Crippen LogP contribution in [-0.4, -0.2) is 23.5 Å². The van der Waals surface area contributed by atoms with Crippen LogP contribution in [0.2, 0.25) is 5.02 Å². The Kier molecular flexibility index (Phi) is 5.32. The number of carboxylic acid groups (broad SMARTS) is 1. The summed E-state index contributed by atoms with van der Waals surface area (Å²) in [5.74, 6) is -1.93. The summed E-state index contributed by atoms with van der Waals surface area (Å²) in [6.45, 7) is 0.0582. The van der Waals surface area contributed by atoms with E-state index in [0.29, 0.717) is 5.56 Å². The average Bonchev–Trinajstić information content (AvgIpc) is 2.30. The molecule has 0 saturated carbocycles. The topological polar surface area (TPSA) is 66.4 Å². The van der Waals surface area contributed by atoms with Crippen LogP contribution in [0.1, 0.15) is 12.0 Å². The number of carboxylic acids is 1. The first-order valence-electron chi connectivity index (χ1n) is 5.12. The molecular formula is C12H11ClFNO3. The molecule has 0 fully saturated rings. The Morgan fingerprint density at radius 3 is 2.78 bits per heavy atom. The molecule has 0 aliphatic carbocycles. The first-order valence-corrected chi connectivity index (χ1v) is 5.49. The highest BCUT2D eigenvalue weighted by Crippen LogP contribution is 2.16. The van der Waals surface area contributed by atoms with Crippen molar-refractivity contribution in [1.29, 1.82) is 0 Å². The number of hydrogen-bond donors (Lipinski definition) is 2. The fourth-order valence-corrected chi connectivity index (χ4v) is 1.33. The van der Waals surface area contributed by atoms with E-state index in [1.54, 1.807) is 0 Å². The molecule has 1 rings (SSSR count). The SMILES string of the molecule is O=C(O)CCNC(=O)/C=C/c1ccc(F)c(Cl)c1. The fraction of sp³-hybridized carbons (Fsp3) is 0.167. The highest BCUT2D eigenvalue weighted by atomic mass is 35.5. The largest absolute Gasteiger partial charge is 0.481 e. The van der Waals surface area contributed by atoms with Crippen LogP contribution in [0, 0.1) is 5.82 Å². The molecule has 0 unspecified atom stereocenters. The van der Waals surface area contributed by atoms with Crippen molar-refractivity contribution in [3.63, 3.8) is 0 Å². The minimum absolute atomic E-state index is 0.0246. The van der Waals surface area contributed by atoms with Crippen molar-refractivity contribution in [1.82, 2.24) is 5.32 Å². The second-order valence-electron chi connectivity index (χ2n) is 3.44. The van der Waals surface area contributed by atoms with E-state index >= 15 is 0 Å². The minimum atomic E-state index is -0.982. The van der Waals surface area contributed by atoms with E-state index in [9.17, 15) is 14.0 Å². The number of hydrogen-bond acceptors (Lipinski definition) is 2. The van der Waals surface area contributed by atoms with Crippen LogP contribution in [0.3, 0.4) is 0 Å². The number of carbonyl (C=O) groups excluding carboxylic acids is 1. The zero-order valence-corrected chi connectivity index (χ0v) is 10.1. The molecule has 1 aromatic rings. The molecule has 0 saturated heterocycles. The molecule has 18 heavy (non-hydrogen) atoms. The van der Waals surface area contributed by atoms with Crippen LogP contribution in [0.15, 0.2) is 24.3 Å². The molecule has 0 radical (unpaired) electrons. The highest BCUT2D eigenvalue weighted by Gasteiger charge is 2.00. The zero-order valence-electron chi connectivity index (χ0n) is 9.32. The third-order valence-electron chi connectivity index (χ3n) is 2.01. The molecule has 0 aliphatic heterocycles. The van der Waals surface area contributed by atoms with E-state index in [1.807, 2.05) is 0 Å². The molecule has 96 valence electrons. The lowest BCUT2D eigenvalue weighted by Crippen LogP contribution is -2.23. The summed E-state index contributed by atoms with van der Waals surface area (Å²) in [4.78, 5) is 21.5. The summed E-state index contributed by atoms with van der Waals surface area (Å²) >= 11 is 5.57. The van der Waals surface area contributed by atoms with E-state index in [1.165, 1.54) is 30.4 Å². The van der Waals surface area contributed by atoms with Gasteiger partial charge in [0.05, 0.1) is 11.4 Å². The Morgan fingerprint density at radius 1 is 1.44 bits per heavy atom. The van der Waals surface area contributed by atoms with E-state index < -0.39 is 17.7 Å². The molecule has 6 heteroatoms. The van der Waals surface area contributed by atoms with Gasteiger partial charge in [0.1, 0.15) is 5.82 Å². The van der Waals surface area contributed by atoms with Crippen molar-refractivity contribution >= 4 is 29.6 Å². The van der Waals surface area contributed by atoms with Crippen LogP contribution < -0.4 is 5.32 Å². The zero-order chi connectivity index (χ0) is 13.5. The van der Waals surface area contributed by atoms with Gasteiger partial charge < -0.3 is 10.4 Å². The van der Waals surface area contributed by atoms with Gasteiger partial charge in [-0.1, -0.05) is 17.7 Å². The van der Waals surface area contributed by atoms with Crippen molar-refractivity contribution in [3.05, 3.63) is 40.7 Å². The van der Waals surface area contributed by atoms with E-state index in [0.717, 1.165) is 0 Å². The van der Waals surface area contributed by atoms with Gasteiger partial charge >= 0.3 is 5.97 Å². The molecule has 0 aromatic heterocycles. The Balaban J connectivity index is 2.50. The second kappa shape index (κ2) is 6.76. The molecule has 0 aliphatic rings. The third-order valence-corrected chi connectivity index (χ3v) is 2.30. The van der Waals surface area contributed by atoms with E-state index in [4.69, 9.17) is 16.7 Å². The summed E-state index contributed by atoms with van der Waals surface area (Å²) in [5, 5.41) is 10.7. The van der Waals surface area contributed by atoms with Gasteiger partial charge in [-0.2, -0.15) is 0 Å². The maximum atomic E-state index is 12.8. The van der Waals surface area contributed by atoms with Gasteiger partial charge in [0.25, 0.3) is 0 Å². The van der Waals surface area contributed by atoms with Crippen molar-refractivity contribution in [2.75, 3.05) is 6.54 Å². The first-order chi connectivity index (χ1) is 8.49. The highest BCUT2D eigenvalue weighted by molar-refractivity contribution is 6.30. The molecule has 1 amide bonds. The summed E-state index contributed by atoms with van der Waals surface area (Å²) in [6, 6.07) is 4.06. The van der Waals surface area contributed by atoms with E-state index in [2.05, 4.69) is 5.32 Å². The quantitative estimate of drug-likeness (QED) is 0.806. The van der Waals surface area contributed by atoms with Crippen LogP contribution in [0.25, 0.3) is 6.08 Å². The number of halogens is 2. The van der Waals surface area contributed by atoms with Crippen molar-refractivity contribution < 1.29 is 19.1 Å². The Bertz CT molecular complexity index is 488. The lowest BCUT2D eigenvalue weighted by Gasteiger charge is -1.99. The first kappa shape index (κ1) is 14.2. The Hall–Kier alpha value is -1.88. The Morgan fingerprint density at radius 2 is 2.17 bits per heavy atom. The minimum Gasteiger partial charge on any atom is -0.481 e.